The van der Waals surface area contributed by atoms with Crippen LogP contribution in [0, 0.1) is 22.9 Å². The van der Waals surface area contributed by atoms with Crippen molar-refractivity contribution in [2.75, 3.05) is 32.5 Å². The number of pyridine rings is 1. The summed E-state index contributed by atoms with van der Waals surface area (Å²) in [5.74, 6) is -3.15. The highest BCUT2D eigenvalue weighted by Gasteiger charge is 2.40. The number of thioether (sulfide) groups is 1. The first kappa shape index (κ1) is 29.1. The Morgan fingerprint density at radius 3 is 2.54 bits per heavy atom. The molecule has 0 spiro atoms. The fourth-order valence-electron chi connectivity index (χ4n) is 5.23. The fourth-order valence-corrected chi connectivity index (χ4v) is 6.19. The number of hydrogen-bond donors (Lipinski definition) is 2. The lowest BCUT2D eigenvalue weighted by Crippen LogP contribution is -2.48. The van der Waals surface area contributed by atoms with Crippen molar-refractivity contribution in [3.8, 4) is 5.75 Å². The van der Waals surface area contributed by atoms with E-state index in [4.69, 9.17) is 4.74 Å². The molecule has 1 aliphatic heterocycles. The van der Waals surface area contributed by atoms with Crippen LogP contribution in [0.4, 0.5) is 17.6 Å². The van der Waals surface area contributed by atoms with Gasteiger partial charge in [0.25, 0.3) is 0 Å². The summed E-state index contributed by atoms with van der Waals surface area (Å²) >= 11 is 1.23. The maximum absolute atomic E-state index is 13.8. The first-order valence-corrected chi connectivity index (χ1v) is 13.7. The van der Waals surface area contributed by atoms with Gasteiger partial charge in [-0.2, -0.15) is 0 Å². The average Bonchev–Trinajstić information content (AvgIpc) is 2.96. The van der Waals surface area contributed by atoms with Gasteiger partial charge in [-0.15, -0.1) is 11.8 Å². The number of carbonyl (C=O) groups excluding carboxylic acids is 1. The Bertz CT molecular complexity index is 1290. The molecule has 11 heteroatoms. The molecule has 210 valence electrons. The number of benzene rings is 2. The summed E-state index contributed by atoms with van der Waals surface area (Å²) in [5, 5.41) is 10.3. The van der Waals surface area contributed by atoms with E-state index in [-0.39, 0.29) is 0 Å². The first-order chi connectivity index (χ1) is 18.8. The monoisotopic (exact) mass is 565 g/mol. The van der Waals surface area contributed by atoms with Gasteiger partial charge in [-0.05, 0) is 81.1 Å². The lowest BCUT2D eigenvalue weighted by atomic mass is 9.73. The molecule has 1 amide bonds. The summed E-state index contributed by atoms with van der Waals surface area (Å²) in [6.07, 6.45) is 4.24. The number of nitrogens with zero attached hydrogens (tertiary/aromatic N) is 2. The van der Waals surface area contributed by atoms with Crippen LogP contribution in [0.3, 0.4) is 0 Å². The molecule has 2 N–H and O–H groups in total. The largest absolute Gasteiger partial charge is 0.497 e. The molecule has 3 aromatic rings. The fraction of sp³-hybridized carbons (Fsp3) is 0.429. The Morgan fingerprint density at radius 1 is 1.18 bits per heavy atom. The molecule has 0 unspecified atom stereocenters. The smallest absolute Gasteiger partial charge is 0.249 e. The normalized spacial score (nSPS) is 15.4. The zero-order chi connectivity index (χ0) is 28.0. The van der Waals surface area contributed by atoms with Gasteiger partial charge >= 0.3 is 0 Å². The first-order valence-electron chi connectivity index (χ1n) is 12.7. The number of rotatable bonds is 11. The molecule has 2 aromatic carbocycles. The number of aryl methyl sites for hydroxylation is 1. The number of fused-ring (bicyclic) bond motifs is 1. The highest BCUT2D eigenvalue weighted by molar-refractivity contribution is 7.99. The average molecular weight is 566 g/mol. The van der Waals surface area contributed by atoms with Crippen molar-refractivity contribution < 1.29 is 32.3 Å². The molecule has 0 radical (unpaired) electrons. The van der Waals surface area contributed by atoms with Crippen molar-refractivity contribution in [1.29, 1.82) is 0 Å². The topological polar surface area (TPSA) is 74.7 Å². The molecular weight excluding hydrogens is 534 g/mol. The van der Waals surface area contributed by atoms with E-state index in [0.29, 0.717) is 73.7 Å². The van der Waals surface area contributed by atoms with E-state index in [1.807, 2.05) is 17.6 Å². The van der Waals surface area contributed by atoms with Crippen LogP contribution in [-0.4, -0.2) is 53.5 Å². The van der Waals surface area contributed by atoms with Crippen molar-refractivity contribution in [1.82, 2.24) is 15.4 Å². The van der Waals surface area contributed by atoms with Crippen molar-refractivity contribution in [3.63, 3.8) is 0 Å². The van der Waals surface area contributed by atoms with Crippen molar-refractivity contribution >= 4 is 28.6 Å². The van der Waals surface area contributed by atoms with Gasteiger partial charge in [-0.1, -0.05) is 0 Å². The number of hydroxylamine groups is 1. The third-order valence-electron chi connectivity index (χ3n) is 7.53. The minimum absolute atomic E-state index is 0.311. The van der Waals surface area contributed by atoms with Gasteiger partial charge in [-0.25, -0.2) is 23.0 Å². The SMILES string of the molecule is COc1ccc2ncc(CF)c(CCCC3(C(=O)NO)CCN(CCSc4cc(F)c(F)c(F)c4)CC3)c2c1. The van der Waals surface area contributed by atoms with Gasteiger partial charge in [0, 0.05) is 34.3 Å². The molecule has 1 saturated heterocycles. The number of aromatic nitrogens is 1. The van der Waals surface area contributed by atoms with Gasteiger partial charge in [0.1, 0.15) is 12.4 Å². The Balaban J connectivity index is 1.37. The van der Waals surface area contributed by atoms with Crippen LogP contribution in [-0.2, 0) is 17.9 Å². The Kier molecular flexibility index (Phi) is 9.68. The molecular formula is C28H31F4N3O3S. The number of likely N-dealkylation sites (tertiary alicyclic amines) is 1. The molecule has 0 aliphatic carbocycles. The lowest BCUT2D eigenvalue weighted by Gasteiger charge is -2.40. The van der Waals surface area contributed by atoms with Gasteiger partial charge in [0.05, 0.1) is 18.0 Å². The maximum atomic E-state index is 13.8. The molecule has 2 heterocycles. The predicted molar refractivity (Wildman–Crippen MR) is 141 cm³/mol. The zero-order valence-corrected chi connectivity index (χ0v) is 22.4. The van der Waals surface area contributed by atoms with Crippen LogP contribution < -0.4 is 10.2 Å². The lowest BCUT2D eigenvalue weighted by molar-refractivity contribution is -0.143. The highest BCUT2D eigenvalue weighted by atomic mass is 32.2. The summed E-state index contributed by atoms with van der Waals surface area (Å²) in [7, 11) is 1.57. The minimum Gasteiger partial charge on any atom is -0.497 e. The molecule has 1 aliphatic rings. The number of amides is 1. The van der Waals surface area contributed by atoms with Gasteiger partial charge < -0.3 is 9.64 Å². The number of nitrogens with one attached hydrogen (secondary N) is 1. The van der Waals surface area contributed by atoms with Crippen LogP contribution in [0.2, 0.25) is 0 Å². The third-order valence-corrected chi connectivity index (χ3v) is 8.49. The second kappa shape index (κ2) is 13.0. The molecule has 6 nitrogen and oxygen atoms in total. The van der Waals surface area contributed by atoms with E-state index in [0.717, 1.165) is 28.6 Å². The molecule has 4 rings (SSSR count). The second-order valence-electron chi connectivity index (χ2n) is 9.74. The summed E-state index contributed by atoms with van der Waals surface area (Å²) in [5.41, 5.74) is 3.15. The number of methoxy groups -OCH3 is 1. The molecule has 39 heavy (non-hydrogen) atoms. The Hall–Kier alpha value is -2.89. The van der Waals surface area contributed by atoms with Crippen molar-refractivity contribution in [3.05, 3.63) is 65.1 Å². The van der Waals surface area contributed by atoms with Crippen LogP contribution in [0.1, 0.15) is 36.8 Å². The van der Waals surface area contributed by atoms with Gasteiger partial charge in [-0.3, -0.25) is 15.0 Å². The molecule has 0 saturated carbocycles. The molecule has 1 fully saturated rings. The van der Waals surface area contributed by atoms with Crippen LogP contribution in [0.5, 0.6) is 5.75 Å². The van der Waals surface area contributed by atoms with Gasteiger partial charge in [0.15, 0.2) is 17.5 Å². The minimum atomic E-state index is -1.48. The number of hydrogen-bond acceptors (Lipinski definition) is 6. The highest BCUT2D eigenvalue weighted by Crippen LogP contribution is 2.38. The summed E-state index contributed by atoms with van der Waals surface area (Å²) < 4.78 is 59.2. The Morgan fingerprint density at radius 2 is 1.90 bits per heavy atom. The van der Waals surface area contributed by atoms with E-state index in [1.54, 1.807) is 19.4 Å². The number of carbonyl (C=O) groups is 1. The van der Waals surface area contributed by atoms with Crippen LogP contribution in [0.25, 0.3) is 10.9 Å². The predicted octanol–water partition coefficient (Wildman–Crippen LogP) is 5.83. The number of halogens is 4. The van der Waals surface area contributed by atoms with E-state index >= 15 is 0 Å². The maximum Gasteiger partial charge on any atom is 0.249 e. The van der Waals surface area contributed by atoms with E-state index in [1.165, 1.54) is 11.8 Å². The molecule has 0 atom stereocenters. The third kappa shape index (κ3) is 6.64. The summed E-state index contributed by atoms with van der Waals surface area (Å²) in [4.78, 5) is 19.6. The zero-order valence-electron chi connectivity index (χ0n) is 21.6. The number of alkyl halides is 1. The standard InChI is InChI=1S/C28H31F4N3O3S/c1-38-19-4-5-25-22(13-19)21(18(16-29)17-33-25)3-2-6-28(27(36)34-37)7-9-35(10-8-28)11-12-39-20-14-23(30)26(32)24(31)15-20/h4-5,13-15,17,37H,2-3,6-12,16H2,1H3,(H,34,36). The quantitative estimate of drug-likeness (QED) is 0.100. The summed E-state index contributed by atoms with van der Waals surface area (Å²) in [6, 6.07) is 7.44. The number of piperidine rings is 1. The summed E-state index contributed by atoms with van der Waals surface area (Å²) in [6.45, 7) is 1.17. The van der Waals surface area contributed by atoms with E-state index < -0.39 is 35.4 Å². The van der Waals surface area contributed by atoms with Crippen LogP contribution in [0.15, 0.2) is 41.4 Å². The van der Waals surface area contributed by atoms with E-state index in [9.17, 15) is 27.6 Å². The van der Waals surface area contributed by atoms with Crippen molar-refractivity contribution in [2.24, 2.45) is 5.41 Å². The number of ether oxygens (including phenoxy) is 1. The second-order valence-corrected chi connectivity index (χ2v) is 10.9. The van der Waals surface area contributed by atoms with Gasteiger partial charge in [0.2, 0.25) is 5.91 Å². The molecule has 0 bridgehead atoms. The van der Waals surface area contributed by atoms with Crippen LogP contribution >= 0.6 is 11.8 Å². The van der Waals surface area contributed by atoms with Crippen molar-refractivity contribution in [2.45, 2.75) is 43.7 Å². The van der Waals surface area contributed by atoms with E-state index in [2.05, 4.69) is 9.88 Å². The Labute approximate surface area is 228 Å². The molecule has 1 aromatic heterocycles.